The lowest BCUT2D eigenvalue weighted by atomic mass is 9.96. The molecule has 0 spiro atoms. The fourth-order valence-corrected chi connectivity index (χ4v) is 2.86. The first-order valence-electron chi connectivity index (χ1n) is 7.30. The second-order valence-corrected chi connectivity index (χ2v) is 6.36. The summed E-state index contributed by atoms with van der Waals surface area (Å²) in [5.41, 5.74) is 0. The van der Waals surface area contributed by atoms with Gasteiger partial charge in [-0.15, -0.1) is 0 Å². The van der Waals surface area contributed by atoms with Gasteiger partial charge in [0.25, 0.3) is 0 Å². The Morgan fingerprint density at radius 3 is 2.65 bits per heavy atom. The first-order valence-corrected chi connectivity index (χ1v) is 7.68. The molecule has 1 aromatic heterocycles. The molecule has 1 saturated heterocycles. The second kappa shape index (κ2) is 5.60. The van der Waals surface area contributed by atoms with Crippen molar-refractivity contribution in [3.63, 3.8) is 0 Å². The summed E-state index contributed by atoms with van der Waals surface area (Å²) in [7, 11) is 0. The highest BCUT2D eigenvalue weighted by molar-refractivity contribution is 6.30. The Morgan fingerprint density at radius 1 is 1.40 bits per heavy atom. The smallest absolute Gasteiger partial charge is 0.223 e. The Kier molecular flexibility index (Phi) is 3.83. The van der Waals surface area contributed by atoms with E-state index in [1.165, 1.54) is 0 Å². The number of rotatable bonds is 3. The first kappa shape index (κ1) is 13.7. The van der Waals surface area contributed by atoms with E-state index in [0.29, 0.717) is 17.0 Å². The summed E-state index contributed by atoms with van der Waals surface area (Å²) in [5.74, 6) is 2.01. The number of pyridine rings is 1. The van der Waals surface area contributed by atoms with E-state index in [0.717, 1.165) is 38.2 Å². The molecule has 2 atom stereocenters. The lowest BCUT2D eigenvalue weighted by Gasteiger charge is -2.32. The van der Waals surface area contributed by atoms with E-state index >= 15 is 0 Å². The maximum absolute atomic E-state index is 12.1. The number of amides is 1. The number of hydrogen-bond donors (Lipinski definition) is 1. The Labute approximate surface area is 124 Å². The van der Waals surface area contributed by atoms with Crippen molar-refractivity contribution in [1.82, 2.24) is 10.3 Å². The molecule has 2 heterocycles. The Bertz CT molecular complexity index is 482. The fourth-order valence-electron chi connectivity index (χ4n) is 2.75. The van der Waals surface area contributed by atoms with Gasteiger partial charge in [-0.05, 0) is 37.3 Å². The lowest BCUT2D eigenvalue weighted by molar-refractivity contribution is -0.125. The highest BCUT2D eigenvalue weighted by Gasteiger charge is 2.36. The zero-order valence-corrected chi connectivity index (χ0v) is 12.4. The molecule has 1 aliphatic heterocycles. The van der Waals surface area contributed by atoms with Gasteiger partial charge in [0.1, 0.15) is 5.82 Å². The van der Waals surface area contributed by atoms with Crippen LogP contribution in [0, 0.1) is 11.8 Å². The summed E-state index contributed by atoms with van der Waals surface area (Å²) < 4.78 is 0. The third kappa shape index (κ3) is 3.06. The maximum Gasteiger partial charge on any atom is 0.223 e. The SMILES string of the molecule is C[C@H]1C[C@H]1NC(=O)C1CCN(c2ccc(Cl)cn2)CC1. The molecular weight excluding hydrogens is 274 g/mol. The van der Waals surface area contributed by atoms with Crippen molar-refractivity contribution >= 4 is 23.3 Å². The zero-order valence-electron chi connectivity index (χ0n) is 11.7. The minimum Gasteiger partial charge on any atom is -0.357 e. The number of anilines is 1. The molecule has 1 aromatic rings. The van der Waals surface area contributed by atoms with Crippen LogP contribution in [0.3, 0.4) is 0 Å². The van der Waals surface area contributed by atoms with Crippen molar-refractivity contribution in [2.24, 2.45) is 11.8 Å². The number of piperidine rings is 1. The molecule has 3 rings (SSSR count). The monoisotopic (exact) mass is 293 g/mol. The van der Waals surface area contributed by atoms with E-state index in [1.54, 1.807) is 6.20 Å². The van der Waals surface area contributed by atoms with Gasteiger partial charge in [-0.2, -0.15) is 0 Å². The normalized spacial score (nSPS) is 26.4. The standard InChI is InChI=1S/C15H20ClN3O/c1-10-8-13(10)18-15(20)11-4-6-19(7-5-11)14-3-2-12(16)9-17-14/h2-3,9-11,13H,4-8H2,1H3,(H,18,20)/t10-,13+/m0/s1. The van der Waals surface area contributed by atoms with Crippen LogP contribution in [0.1, 0.15) is 26.2 Å². The van der Waals surface area contributed by atoms with Gasteiger partial charge in [0, 0.05) is 31.2 Å². The maximum atomic E-state index is 12.1. The van der Waals surface area contributed by atoms with E-state index in [1.807, 2.05) is 12.1 Å². The molecule has 0 unspecified atom stereocenters. The number of nitrogens with zero attached hydrogens (tertiary/aromatic N) is 2. The molecule has 5 heteroatoms. The molecule has 2 aliphatic rings. The average molecular weight is 294 g/mol. The zero-order chi connectivity index (χ0) is 14.1. The number of aromatic nitrogens is 1. The van der Waals surface area contributed by atoms with Gasteiger partial charge in [0.2, 0.25) is 5.91 Å². The molecule has 2 fully saturated rings. The van der Waals surface area contributed by atoms with Gasteiger partial charge < -0.3 is 10.2 Å². The Morgan fingerprint density at radius 2 is 2.10 bits per heavy atom. The van der Waals surface area contributed by atoms with Crippen LogP contribution in [0.2, 0.25) is 5.02 Å². The van der Waals surface area contributed by atoms with Crippen LogP contribution in [-0.2, 0) is 4.79 Å². The third-order valence-electron chi connectivity index (χ3n) is 4.34. The van der Waals surface area contributed by atoms with Crippen LogP contribution >= 0.6 is 11.6 Å². The number of hydrogen-bond acceptors (Lipinski definition) is 3. The van der Waals surface area contributed by atoms with E-state index in [2.05, 4.69) is 22.1 Å². The summed E-state index contributed by atoms with van der Waals surface area (Å²) in [5, 5.41) is 3.80. The summed E-state index contributed by atoms with van der Waals surface area (Å²) in [4.78, 5) is 18.7. The van der Waals surface area contributed by atoms with Crippen LogP contribution in [0.4, 0.5) is 5.82 Å². The minimum absolute atomic E-state index is 0.159. The fraction of sp³-hybridized carbons (Fsp3) is 0.600. The molecule has 1 aliphatic carbocycles. The van der Waals surface area contributed by atoms with Gasteiger partial charge in [-0.1, -0.05) is 18.5 Å². The molecule has 1 amide bonds. The van der Waals surface area contributed by atoms with E-state index in [4.69, 9.17) is 11.6 Å². The quantitative estimate of drug-likeness (QED) is 0.931. The number of nitrogens with one attached hydrogen (secondary N) is 1. The van der Waals surface area contributed by atoms with Crippen LogP contribution in [0.25, 0.3) is 0 Å². The molecule has 0 aromatic carbocycles. The summed E-state index contributed by atoms with van der Waals surface area (Å²) in [6, 6.07) is 4.23. The average Bonchev–Trinajstić information content (AvgIpc) is 3.15. The van der Waals surface area contributed by atoms with E-state index < -0.39 is 0 Å². The van der Waals surface area contributed by atoms with Crippen molar-refractivity contribution in [2.75, 3.05) is 18.0 Å². The van der Waals surface area contributed by atoms with Gasteiger partial charge in [-0.3, -0.25) is 4.79 Å². The van der Waals surface area contributed by atoms with Gasteiger partial charge in [0.05, 0.1) is 5.02 Å². The summed E-state index contributed by atoms with van der Waals surface area (Å²) in [6.45, 7) is 3.94. The first-order chi connectivity index (χ1) is 9.63. The van der Waals surface area contributed by atoms with Gasteiger partial charge in [0.15, 0.2) is 0 Å². The molecule has 0 radical (unpaired) electrons. The van der Waals surface area contributed by atoms with Crippen LogP contribution < -0.4 is 10.2 Å². The largest absolute Gasteiger partial charge is 0.357 e. The van der Waals surface area contributed by atoms with Crippen molar-refractivity contribution in [3.05, 3.63) is 23.4 Å². The Balaban J connectivity index is 1.51. The number of halogens is 1. The van der Waals surface area contributed by atoms with Crippen molar-refractivity contribution in [1.29, 1.82) is 0 Å². The van der Waals surface area contributed by atoms with Gasteiger partial charge in [-0.25, -0.2) is 4.98 Å². The van der Waals surface area contributed by atoms with Crippen molar-refractivity contribution in [3.8, 4) is 0 Å². The minimum atomic E-state index is 0.159. The number of carbonyl (C=O) groups is 1. The lowest BCUT2D eigenvalue weighted by Crippen LogP contribution is -2.41. The topological polar surface area (TPSA) is 45.2 Å². The molecule has 4 nitrogen and oxygen atoms in total. The molecule has 108 valence electrons. The van der Waals surface area contributed by atoms with Crippen LogP contribution in [0.5, 0.6) is 0 Å². The van der Waals surface area contributed by atoms with E-state index in [9.17, 15) is 4.79 Å². The number of carbonyl (C=O) groups excluding carboxylic acids is 1. The molecular formula is C15H20ClN3O. The van der Waals surface area contributed by atoms with Crippen molar-refractivity contribution < 1.29 is 4.79 Å². The Hall–Kier alpha value is -1.29. The highest BCUT2D eigenvalue weighted by Crippen LogP contribution is 2.30. The molecule has 20 heavy (non-hydrogen) atoms. The van der Waals surface area contributed by atoms with Crippen LogP contribution in [-0.4, -0.2) is 30.0 Å². The van der Waals surface area contributed by atoms with Gasteiger partial charge >= 0.3 is 0 Å². The van der Waals surface area contributed by atoms with Crippen molar-refractivity contribution in [2.45, 2.75) is 32.2 Å². The van der Waals surface area contributed by atoms with Crippen LogP contribution in [0.15, 0.2) is 18.3 Å². The predicted octanol–water partition coefficient (Wildman–Crippen LogP) is 2.48. The predicted molar refractivity (Wildman–Crippen MR) is 79.9 cm³/mol. The molecule has 1 saturated carbocycles. The second-order valence-electron chi connectivity index (χ2n) is 5.92. The third-order valence-corrected chi connectivity index (χ3v) is 4.56. The summed E-state index contributed by atoms with van der Waals surface area (Å²) in [6.07, 6.45) is 4.61. The van der Waals surface area contributed by atoms with E-state index in [-0.39, 0.29) is 11.8 Å². The highest BCUT2D eigenvalue weighted by atomic mass is 35.5. The molecule has 0 bridgehead atoms. The summed E-state index contributed by atoms with van der Waals surface area (Å²) >= 11 is 5.85. The molecule has 1 N–H and O–H groups in total.